The summed E-state index contributed by atoms with van der Waals surface area (Å²) in [6, 6.07) is 21.4. The van der Waals surface area contributed by atoms with Crippen LogP contribution in [0.2, 0.25) is 0 Å². The largest absolute Gasteiger partial charge is 0.496 e. The van der Waals surface area contributed by atoms with Crippen LogP contribution in [0.15, 0.2) is 66.7 Å². The van der Waals surface area contributed by atoms with Crippen LogP contribution in [-0.4, -0.2) is 50.4 Å². The Kier molecular flexibility index (Phi) is 8.33. The maximum absolute atomic E-state index is 11.8. The van der Waals surface area contributed by atoms with Crippen LogP contribution < -0.4 is 18.9 Å². The highest BCUT2D eigenvalue weighted by atomic mass is 16.5. The van der Waals surface area contributed by atoms with Gasteiger partial charge >= 0.3 is 5.97 Å². The van der Waals surface area contributed by atoms with Crippen molar-refractivity contribution in [3.8, 4) is 23.0 Å². The number of likely N-dealkylation sites (tertiary alicyclic amines) is 1. The maximum atomic E-state index is 11.8. The van der Waals surface area contributed by atoms with Crippen molar-refractivity contribution in [3.63, 3.8) is 0 Å². The fourth-order valence-corrected chi connectivity index (χ4v) is 4.85. The lowest BCUT2D eigenvalue weighted by atomic mass is 9.90. The highest BCUT2D eigenvalue weighted by Gasteiger charge is 2.33. The molecule has 0 saturated carbocycles. The Morgan fingerprint density at radius 2 is 1.58 bits per heavy atom. The van der Waals surface area contributed by atoms with Gasteiger partial charge in [0.1, 0.15) is 12.4 Å². The lowest BCUT2D eigenvalue weighted by Crippen LogP contribution is -2.41. The number of benzene rings is 3. The van der Waals surface area contributed by atoms with Crippen LogP contribution in [0.5, 0.6) is 23.0 Å². The normalized spacial score (nSPS) is 16.7. The van der Waals surface area contributed by atoms with Crippen LogP contribution in [0.4, 0.5) is 0 Å². The molecular weight excluding hydrogens is 458 g/mol. The third-order valence-electron chi connectivity index (χ3n) is 6.63. The van der Waals surface area contributed by atoms with Crippen LogP contribution in [0.3, 0.4) is 0 Å². The minimum atomic E-state index is -0.765. The topological polar surface area (TPSA) is 77.5 Å². The molecule has 0 bridgehead atoms. The fraction of sp³-hybridized carbons (Fsp3) is 0.345. The molecule has 2 unspecified atom stereocenters. The van der Waals surface area contributed by atoms with Gasteiger partial charge in [-0.2, -0.15) is 0 Å². The van der Waals surface area contributed by atoms with Crippen LogP contribution in [0.25, 0.3) is 0 Å². The molecule has 0 aliphatic carbocycles. The van der Waals surface area contributed by atoms with Gasteiger partial charge in [-0.15, -0.1) is 0 Å². The Morgan fingerprint density at radius 1 is 0.944 bits per heavy atom. The molecule has 0 amide bonds. The molecule has 1 saturated heterocycles. The summed E-state index contributed by atoms with van der Waals surface area (Å²) in [7, 11) is 4.86. The predicted molar refractivity (Wildman–Crippen MR) is 137 cm³/mol. The van der Waals surface area contributed by atoms with E-state index >= 15 is 0 Å². The number of hydrogen-bond acceptors (Lipinski definition) is 6. The van der Waals surface area contributed by atoms with Gasteiger partial charge < -0.3 is 24.1 Å². The number of nitrogens with zero attached hydrogens (tertiary/aromatic N) is 1. The molecule has 2 atom stereocenters. The zero-order valence-electron chi connectivity index (χ0n) is 21.0. The van der Waals surface area contributed by atoms with Gasteiger partial charge in [0, 0.05) is 12.1 Å². The van der Waals surface area contributed by atoms with Crippen LogP contribution in [0.1, 0.15) is 35.6 Å². The second-order valence-electron chi connectivity index (χ2n) is 8.85. The highest BCUT2D eigenvalue weighted by molar-refractivity contribution is 5.70. The molecule has 0 radical (unpaired) electrons. The van der Waals surface area contributed by atoms with E-state index in [1.54, 1.807) is 21.3 Å². The average molecular weight is 492 g/mol. The Bertz CT molecular complexity index is 1140. The van der Waals surface area contributed by atoms with Crippen molar-refractivity contribution >= 4 is 5.97 Å². The molecule has 1 fully saturated rings. The third-order valence-corrected chi connectivity index (χ3v) is 6.63. The third kappa shape index (κ3) is 5.57. The average Bonchev–Trinajstić information content (AvgIpc) is 2.92. The van der Waals surface area contributed by atoms with Gasteiger partial charge in [-0.1, -0.05) is 48.5 Å². The fourth-order valence-electron chi connectivity index (χ4n) is 4.85. The zero-order valence-corrected chi connectivity index (χ0v) is 21.0. The first-order valence-corrected chi connectivity index (χ1v) is 12.1. The number of carboxylic acids is 1. The first-order chi connectivity index (χ1) is 17.5. The molecular formula is C29H33NO6. The van der Waals surface area contributed by atoms with Crippen molar-refractivity contribution in [2.24, 2.45) is 5.92 Å². The molecule has 4 rings (SSSR count). The molecule has 1 aliphatic heterocycles. The summed E-state index contributed by atoms with van der Waals surface area (Å²) in [5.74, 6) is 1.17. The first kappa shape index (κ1) is 25.4. The van der Waals surface area contributed by atoms with E-state index in [2.05, 4.69) is 4.90 Å². The van der Waals surface area contributed by atoms with Crippen molar-refractivity contribution in [2.45, 2.75) is 25.5 Å². The molecule has 7 nitrogen and oxygen atoms in total. The second kappa shape index (κ2) is 11.8. The lowest BCUT2D eigenvalue weighted by molar-refractivity contribution is -0.143. The number of hydrogen-bond donors (Lipinski definition) is 1. The summed E-state index contributed by atoms with van der Waals surface area (Å²) in [5.41, 5.74) is 2.89. The predicted octanol–water partition coefficient (Wildman–Crippen LogP) is 5.18. The van der Waals surface area contributed by atoms with E-state index in [4.69, 9.17) is 18.9 Å². The summed E-state index contributed by atoms with van der Waals surface area (Å²) >= 11 is 0. The molecule has 3 aromatic rings. The Balaban J connectivity index is 1.77. The molecule has 1 heterocycles. The molecule has 3 aromatic carbocycles. The second-order valence-corrected chi connectivity index (χ2v) is 8.85. The van der Waals surface area contributed by atoms with Crippen LogP contribution in [-0.2, 0) is 11.4 Å². The smallest absolute Gasteiger partial charge is 0.307 e. The SMILES string of the molecule is COc1ccccc1C(c1cc(OC)c(OCc2ccccc2)c(OC)c1)N1CCCC(C(=O)O)C1. The minimum absolute atomic E-state index is 0.255. The number of methoxy groups -OCH3 is 3. The van der Waals surface area contributed by atoms with Gasteiger partial charge in [0.2, 0.25) is 5.75 Å². The zero-order chi connectivity index (χ0) is 25.5. The minimum Gasteiger partial charge on any atom is -0.496 e. The molecule has 0 aromatic heterocycles. The van der Waals surface area contributed by atoms with Crippen molar-refractivity contribution in [1.29, 1.82) is 0 Å². The van der Waals surface area contributed by atoms with Gasteiger partial charge in [-0.25, -0.2) is 0 Å². The number of piperidine rings is 1. The van der Waals surface area contributed by atoms with Crippen molar-refractivity contribution < 1.29 is 28.8 Å². The van der Waals surface area contributed by atoms with Crippen molar-refractivity contribution in [1.82, 2.24) is 4.90 Å². The van der Waals surface area contributed by atoms with Crippen molar-refractivity contribution in [3.05, 3.63) is 83.4 Å². The van der Waals surface area contributed by atoms with Crippen LogP contribution >= 0.6 is 0 Å². The van der Waals surface area contributed by atoms with E-state index in [0.717, 1.165) is 35.4 Å². The Labute approximate surface area is 212 Å². The van der Waals surface area contributed by atoms with E-state index in [1.807, 2.05) is 66.7 Å². The number of rotatable bonds is 10. The molecule has 36 heavy (non-hydrogen) atoms. The summed E-state index contributed by atoms with van der Waals surface area (Å²) in [4.78, 5) is 14.1. The summed E-state index contributed by atoms with van der Waals surface area (Å²) in [5, 5.41) is 9.73. The lowest BCUT2D eigenvalue weighted by Gasteiger charge is -2.38. The number of aliphatic carboxylic acids is 1. The molecule has 7 heteroatoms. The van der Waals surface area contributed by atoms with Gasteiger partial charge in [-0.3, -0.25) is 9.69 Å². The molecule has 0 spiro atoms. The number of ether oxygens (including phenoxy) is 4. The summed E-state index contributed by atoms with van der Waals surface area (Å²) in [6.45, 7) is 1.58. The number of carbonyl (C=O) groups is 1. The van der Waals surface area contributed by atoms with Crippen LogP contribution in [0, 0.1) is 5.92 Å². The number of carboxylic acid groups (broad SMARTS) is 1. The van der Waals surface area contributed by atoms with Crippen molar-refractivity contribution in [2.75, 3.05) is 34.4 Å². The first-order valence-electron chi connectivity index (χ1n) is 12.1. The van der Waals surface area contributed by atoms with Gasteiger partial charge in [0.05, 0.1) is 33.3 Å². The van der Waals surface area contributed by atoms with E-state index in [-0.39, 0.29) is 6.04 Å². The molecule has 1 aliphatic rings. The van der Waals surface area contributed by atoms with E-state index in [9.17, 15) is 9.90 Å². The molecule has 1 N–H and O–H groups in total. The summed E-state index contributed by atoms with van der Waals surface area (Å²) < 4.78 is 23.4. The maximum Gasteiger partial charge on any atom is 0.307 e. The quantitative estimate of drug-likeness (QED) is 0.419. The monoisotopic (exact) mass is 491 g/mol. The van der Waals surface area contributed by atoms with E-state index in [0.29, 0.717) is 36.8 Å². The highest BCUT2D eigenvalue weighted by Crippen LogP contribution is 2.45. The Hall–Kier alpha value is -3.71. The van der Waals surface area contributed by atoms with E-state index in [1.165, 1.54) is 0 Å². The Morgan fingerprint density at radius 3 is 2.22 bits per heavy atom. The van der Waals surface area contributed by atoms with Gasteiger partial charge in [0.25, 0.3) is 0 Å². The van der Waals surface area contributed by atoms with Gasteiger partial charge in [0.15, 0.2) is 11.5 Å². The van der Waals surface area contributed by atoms with Gasteiger partial charge in [-0.05, 0) is 48.7 Å². The van der Waals surface area contributed by atoms with E-state index < -0.39 is 11.9 Å². The summed E-state index contributed by atoms with van der Waals surface area (Å²) in [6.07, 6.45) is 1.47. The molecule has 190 valence electrons. The number of para-hydroxylation sites is 1. The standard InChI is InChI=1S/C29H33NO6/c1-33-24-14-8-7-13-23(24)27(30-15-9-12-21(18-30)29(31)32)22-16-25(34-2)28(26(17-22)35-3)36-19-20-10-5-4-6-11-20/h4-8,10-11,13-14,16-17,21,27H,9,12,15,18-19H2,1-3H3,(H,31,32).